The molecule has 23 heavy (non-hydrogen) atoms. The molecule has 0 aliphatic carbocycles. The highest BCUT2D eigenvalue weighted by Crippen LogP contribution is 2.23. The number of hydrogen-bond donors (Lipinski definition) is 4. The Hall–Kier alpha value is -1.24. The summed E-state index contributed by atoms with van der Waals surface area (Å²) in [5.41, 5.74) is 4.06. The summed E-state index contributed by atoms with van der Waals surface area (Å²) in [6.45, 7) is 7.73. The number of aliphatic hydroxyl groups excluding tert-OH is 1. The summed E-state index contributed by atoms with van der Waals surface area (Å²) in [5, 5.41) is 29.5. The fourth-order valence-electron chi connectivity index (χ4n) is 1.93. The van der Waals surface area contributed by atoms with Crippen molar-refractivity contribution in [3.8, 4) is 0 Å². The highest BCUT2D eigenvalue weighted by molar-refractivity contribution is 7.99. The van der Waals surface area contributed by atoms with Crippen LogP contribution >= 0.6 is 11.8 Å². The maximum atomic E-state index is 11.4. The Morgan fingerprint density at radius 1 is 1.39 bits per heavy atom. The Labute approximate surface area is 143 Å². The molecule has 5 nitrogen and oxygen atoms in total. The zero-order valence-corrected chi connectivity index (χ0v) is 14.8. The summed E-state index contributed by atoms with van der Waals surface area (Å²) < 4.78 is 0. The lowest BCUT2D eigenvalue weighted by molar-refractivity contribution is -0.160. The standard InChI is InChI=1S/C17H29NO4S/c1-4-6-7-8-9-14(19)10-13(3)11-17(22,16(20)21)15(18)12-23-5-2/h8-10,15,19,22H,3-7,11-12,18H2,1-2H3,(H,20,21)/b9-8-,14-10+. The fourth-order valence-corrected chi connectivity index (χ4v) is 2.69. The maximum absolute atomic E-state index is 11.4. The van der Waals surface area contributed by atoms with E-state index in [1.54, 1.807) is 6.08 Å². The number of rotatable bonds is 12. The maximum Gasteiger partial charge on any atom is 0.337 e. The van der Waals surface area contributed by atoms with Crippen LogP contribution in [0.15, 0.2) is 36.1 Å². The molecule has 132 valence electrons. The molecule has 0 radical (unpaired) electrons. The quantitative estimate of drug-likeness (QED) is 0.247. The molecule has 0 saturated carbocycles. The largest absolute Gasteiger partial charge is 0.508 e. The van der Waals surface area contributed by atoms with Crippen LogP contribution < -0.4 is 5.73 Å². The van der Waals surface area contributed by atoms with Crippen molar-refractivity contribution in [2.24, 2.45) is 5.73 Å². The van der Waals surface area contributed by atoms with E-state index < -0.39 is 17.6 Å². The zero-order chi connectivity index (χ0) is 17.9. The average Bonchev–Trinajstić information content (AvgIpc) is 2.48. The second-order valence-corrected chi connectivity index (χ2v) is 6.76. The first-order chi connectivity index (χ1) is 10.8. The van der Waals surface area contributed by atoms with Crippen molar-refractivity contribution in [1.82, 2.24) is 0 Å². The SMILES string of the molecule is C=C(/C=C(O)\C=C/CCCC)CC(O)(C(=O)O)C(N)CSCC. The van der Waals surface area contributed by atoms with E-state index in [-0.39, 0.29) is 12.2 Å². The van der Waals surface area contributed by atoms with Crippen molar-refractivity contribution in [3.63, 3.8) is 0 Å². The Kier molecular flexibility index (Phi) is 10.7. The van der Waals surface area contributed by atoms with Gasteiger partial charge in [-0.2, -0.15) is 11.8 Å². The first-order valence-corrected chi connectivity index (χ1v) is 8.97. The smallest absolute Gasteiger partial charge is 0.337 e. The number of carboxylic acids is 1. The minimum atomic E-state index is -2.10. The van der Waals surface area contributed by atoms with Gasteiger partial charge in [0.2, 0.25) is 0 Å². The summed E-state index contributed by atoms with van der Waals surface area (Å²) in [7, 11) is 0. The van der Waals surface area contributed by atoms with Gasteiger partial charge in [0.25, 0.3) is 0 Å². The number of allylic oxidation sites excluding steroid dienone is 3. The molecule has 0 aromatic heterocycles. The molecule has 5 N–H and O–H groups in total. The molecule has 0 aromatic carbocycles. The Bertz CT molecular complexity index is 448. The van der Waals surface area contributed by atoms with Gasteiger partial charge >= 0.3 is 5.97 Å². The third-order valence-corrected chi connectivity index (χ3v) is 4.35. The van der Waals surface area contributed by atoms with Crippen LogP contribution in [0.1, 0.15) is 39.5 Å². The predicted octanol–water partition coefficient (Wildman–Crippen LogP) is 3.02. The van der Waals surface area contributed by atoms with Crippen LogP contribution in [0, 0.1) is 0 Å². The van der Waals surface area contributed by atoms with Crippen LogP contribution in [0.5, 0.6) is 0 Å². The Morgan fingerprint density at radius 2 is 2.04 bits per heavy atom. The molecule has 0 aliphatic rings. The number of hydrogen-bond acceptors (Lipinski definition) is 5. The van der Waals surface area contributed by atoms with Crippen molar-refractivity contribution in [3.05, 3.63) is 36.1 Å². The van der Waals surface area contributed by atoms with Crippen LogP contribution in [0.4, 0.5) is 0 Å². The summed E-state index contributed by atoms with van der Waals surface area (Å²) in [4.78, 5) is 11.4. The molecule has 0 saturated heterocycles. The zero-order valence-electron chi connectivity index (χ0n) is 14.0. The minimum Gasteiger partial charge on any atom is -0.508 e. The number of aliphatic hydroxyl groups is 2. The topological polar surface area (TPSA) is 104 Å². The molecule has 0 fully saturated rings. The third kappa shape index (κ3) is 8.25. The van der Waals surface area contributed by atoms with Gasteiger partial charge in [0, 0.05) is 12.2 Å². The number of nitrogens with two attached hydrogens (primary N) is 1. The van der Waals surface area contributed by atoms with Gasteiger partial charge in [-0.3, -0.25) is 0 Å². The van der Waals surface area contributed by atoms with Crippen molar-refractivity contribution < 1.29 is 20.1 Å². The molecule has 0 bridgehead atoms. The van der Waals surface area contributed by atoms with Crippen molar-refractivity contribution in [2.45, 2.75) is 51.2 Å². The second kappa shape index (κ2) is 11.3. The molecular formula is C17H29NO4S. The first-order valence-electron chi connectivity index (χ1n) is 7.82. The van der Waals surface area contributed by atoms with Crippen molar-refractivity contribution in [1.29, 1.82) is 0 Å². The summed E-state index contributed by atoms with van der Waals surface area (Å²) >= 11 is 1.46. The number of carbonyl (C=O) groups is 1. The van der Waals surface area contributed by atoms with Gasteiger partial charge in [-0.25, -0.2) is 4.79 Å². The first kappa shape index (κ1) is 21.8. The Morgan fingerprint density at radius 3 is 2.57 bits per heavy atom. The number of thioether (sulfide) groups is 1. The van der Waals surface area contributed by atoms with Gasteiger partial charge in [-0.05, 0) is 29.9 Å². The van der Waals surface area contributed by atoms with E-state index in [0.29, 0.717) is 11.3 Å². The summed E-state index contributed by atoms with van der Waals surface area (Å²) in [6, 6.07) is -0.919. The summed E-state index contributed by atoms with van der Waals surface area (Å²) in [6.07, 6.45) is 7.48. The van der Waals surface area contributed by atoms with E-state index >= 15 is 0 Å². The molecule has 2 unspecified atom stereocenters. The number of unbranched alkanes of at least 4 members (excludes halogenated alkanes) is 2. The van der Waals surface area contributed by atoms with Crippen LogP contribution in [-0.2, 0) is 4.79 Å². The lowest BCUT2D eigenvalue weighted by Gasteiger charge is -2.29. The van der Waals surface area contributed by atoms with Crippen molar-refractivity contribution in [2.75, 3.05) is 11.5 Å². The molecule has 0 heterocycles. The number of carboxylic acid groups (broad SMARTS) is 1. The Balaban J connectivity index is 4.84. The normalized spacial score (nSPS) is 16.3. The van der Waals surface area contributed by atoms with Gasteiger partial charge in [-0.1, -0.05) is 39.3 Å². The van der Waals surface area contributed by atoms with Gasteiger partial charge in [-0.15, -0.1) is 0 Å². The van der Waals surface area contributed by atoms with Crippen LogP contribution in [-0.4, -0.2) is 44.4 Å². The lowest BCUT2D eigenvalue weighted by Crippen LogP contribution is -2.55. The molecule has 6 heteroatoms. The van der Waals surface area contributed by atoms with Gasteiger partial charge in [0.05, 0.1) is 6.04 Å². The molecule has 0 spiro atoms. The lowest BCUT2D eigenvalue weighted by atomic mass is 9.88. The minimum absolute atomic E-state index is 0.0182. The third-order valence-electron chi connectivity index (χ3n) is 3.35. The molecule has 2 atom stereocenters. The number of aliphatic carboxylic acids is 1. The van der Waals surface area contributed by atoms with Crippen molar-refractivity contribution >= 4 is 17.7 Å². The van der Waals surface area contributed by atoms with E-state index in [4.69, 9.17) is 5.73 Å². The van der Waals surface area contributed by atoms with E-state index in [2.05, 4.69) is 13.5 Å². The van der Waals surface area contributed by atoms with E-state index in [0.717, 1.165) is 25.0 Å². The highest BCUT2D eigenvalue weighted by Gasteiger charge is 2.42. The van der Waals surface area contributed by atoms with Crippen LogP contribution in [0.3, 0.4) is 0 Å². The van der Waals surface area contributed by atoms with Gasteiger partial charge in [0.1, 0.15) is 5.76 Å². The second-order valence-electron chi connectivity index (χ2n) is 5.44. The molecule has 0 rings (SSSR count). The van der Waals surface area contributed by atoms with E-state index in [9.17, 15) is 20.1 Å². The summed E-state index contributed by atoms with van der Waals surface area (Å²) in [5.74, 6) is -0.281. The van der Waals surface area contributed by atoms with Crippen LogP contribution in [0.2, 0.25) is 0 Å². The van der Waals surface area contributed by atoms with Crippen LogP contribution in [0.25, 0.3) is 0 Å². The van der Waals surface area contributed by atoms with E-state index in [1.165, 1.54) is 17.8 Å². The van der Waals surface area contributed by atoms with Gasteiger partial charge in [0.15, 0.2) is 5.60 Å². The predicted molar refractivity (Wildman–Crippen MR) is 96.7 cm³/mol. The molecule has 0 aromatic rings. The van der Waals surface area contributed by atoms with E-state index in [1.807, 2.05) is 13.0 Å². The highest BCUT2D eigenvalue weighted by atomic mass is 32.2. The molecule has 0 aliphatic heterocycles. The monoisotopic (exact) mass is 343 g/mol. The molecule has 0 amide bonds. The average molecular weight is 343 g/mol. The fraction of sp³-hybridized carbons (Fsp3) is 0.588. The molecular weight excluding hydrogens is 314 g/mol. The van der Waals surface area contributed by atoms with Gasteiger partial charge < -0.3 is 21.1 Å².